The van der Waals surface area contributed by atoms with E-state index < -0.39 is 0 Å². The Bertz CT molecular complexity index is 530. The summed E-state index contributed by atoms with van der Waals surface area (Å²) in [5.41, 5.74) is 2.29. The molecule has 0 saturated heterocycles. The molecule has 3 heteroatoms. The second kappa shape index (κ2) is 4.51. The molecule has 0 aromatic heterocycles. The first-order chi connectivity index (χ1) is 9.78. The number of rotatable bonds is 2. The van der Waals surface area contributed by atoms with Gasteiger partial charge < -0.3 is 9.64 Å². The highest BCUT2D eigenvalue weighted by molar-refractivity contribution is 5.98. The van der Waals surface area contributed by atoms with E-state index >= 15 is 0 Å². The number of para-hydroxylation sites is 1. The van der Waals surface area contributed by atoms with Gasteiger partial charge in [0.05, 0.1) is 12.8 Å². The topological polar surface area (TPSA) is 29.5 Å². The predicted molar refractivity (Wildman–Crippen MR) is 78.0 cm³/mol. The summed E-state index contributed by atoms with van der Waals surface area (Å²) in [6.07, 6.45) is 5.70. The number of hydrogen-bond donors (Lipinski definition) is 0. The molecule has 4 rings (SSSR count). The van der Waals surface area contributed by atoms with Crippen LogP contribution in [0.3, 0.4) is 0 Å². The van der Waals surface area contributed by atoms with Crippen LogP contribution in [0.25, 0.3) is 0 Å². The number of methoxy groups -OCH3 is 1. The number of anilines is 1. The van der Waals surface area contributed by atoms with Crippen molar-refractivity contribution in [1.82, 2.24) is 0 Å². The van der Waals surface area contributed by atoms with Crippen LogP contribution < -0.4 is 9.64 Å². The summed E-state index contributed by atoms with van der Waals surface area (Å²) >= 11 is 0. The lowest BCUT2D eigenvalue weighted by atomic mass is 9.96. The van der Waals surface area contributed by atoms with Crippen molar-refractivity contribution in [1.29, 1.82) is 0 Å². The van der Waals surface area contributed by atoms with Crippen LogP contribution in [0.5, 0.6) is 5.75 Å². The predicted octanol–water partition coefficient (Wildman–Crippen LogP) is 3.02. The van der Waals surface area contributed by atoms with Gasteiger partial charge in [-0.2, -0.15) is 0 Å². The average Bonchev–Trinajstić information content (AvgIpc) is 3.11. The van der Waals surface area contributed by atoms with Crippen molar-refractivity contribution in [3.8, 4) is 5.75 Å². The largest absolute Gasteiger partial charge is 0.495 e. The van der Waals surface area contributed by atoms with Crippen LogP contribution in [0.15, 0.2) is 18.2 Å². The minimum Gasteiger partial charge on any atom is -0.495 e. The van der Waals surface area contributed by atoms with Gasteiger partial charge >= 0.3 is 0 Å². The van der Waals surface area contributed by atoms with Gasteiger partial charge in [0.25, 0.3) is 0 Å². The Labute approximate surface area is 119 Å². The molecular formula is C17H21NO2. The molecule has 0 radical (unpaired) electrons. The highest BCUT2D eigenvalue weighted by atomic mass is 16.5. The maximum Gasteiger partial charge on any atom is 0.230 e. The lowest BCUT2D eigenvalue weighted by Gasteiger charge is -2.33. The smallest absolute Gasteiger partial charge is 0.230 e. The fraction of sp³-hybridized carbons (Fsp3) is 0.588. The molecule has 2 atom stereocenters. The normalized spacial score (nSPS) is 30.6. The summed E-state index contributed by atoms with van der Waals surface area (Å²) < 4.78 is 5.49. The molecule has 20 heavy (non-hydrogen) atoms. The summed E-state index contributed by atoms with van der Waals surface area (Å²) in [5, 5.41) is 0. The fourth-order valence-corrected chi connectivity index (χ4v) is 4.14. The highest BCUT2D eigenvalue weighted by Gasteiger charge is 2.49. The summed E-state index contributed by atoms with van der Waals surface area (Å²) in [6, 6.07) is 6.12. The Balaban J connectivity index is 1.65. The van der Waals surface area contributed by atoms with E-state index in [1.807, 2.05) is 17.0 Å². The molecule has 1 aromatic rings. The summed E-state index contributed by atoms with van der Waals surface area (Å²) in [7, 11) is 1.69. The van der Waals surface area contributed by atoms with Gasteiger partial charge in [-0.1, -0.05) is 12.1 Å². The molecular weight excluding hydrogens is 250 g/mol. The van der Waals surface area contributed by atoms with E-state index in [0.717, 1.165) is 55.5 Å². The molecule has 1 aliphatic heterocycles. The number of ether oxygens (including phenoxy) is 1. The van der Waals surface area contributed by atoms with E-state index in [2.05, 4.69) is 6.07 Å². The lowest BCUT2D eigenvalue weighted by Crippen LogP contribution is -2.39. The SMILES string of the molecule is COc1cccc2c1N(C(=O)C1CC3CC3C1)CCC2. The van der Waals surface area contributed by atoms with Crippen LogP contribution in [-0.4, -0.2) is 19.6 Å². The molecule has 0 bridgehead atoms. The Kier molecular flexibility index (Phi) is 2.76. The Morgan fingerprint density at radius 3 is 2.80 bits per heavy atom. The van der Waals surface area contributed by atoms with E-state index in [1.54, 1.807) is 7.11 Å². The molecule has 106 valence electrons. The molecule has 2 aliphatic carbocycles. The highest BCUT2D eigenvalue weighted by Crippen LogP contribution is 2.55. The number of benzene rings is 1. The lowest BCUT2D eigenvalue weighted by molar-refractivity contribution is -0.122. The van der Waals surface area contributed by atoms with Gasteiger partial charge in [-0.25, -0.2) is 0 Å². The van der Waals surface area contributed by atoms with Gasteiger partial charge in [0.15, 0.2) is 0 Å². The number of fused-ring (bicyclic) bond motifs is 2. The van der Waals surface area contributed by atoms with Crippen LogP contribution in [0.4, 0.5) is 5.69 Å². The zero-order valence-electron chi connectivity index (χ0n) is 12.0. The number of aryl methyl sites for hydroxylation is 1. The summed E-state index contributed by atoms with van der Waals surface area (Å²) in [4.78, 5) is 14.9. The molecule has 0 spiro atoms. The third-order valence-corrected chi connectivity index (χ3v) is 5.26. The third-order valence-electron chi connectivity index (χ3n) is 5.26. The zero-order valence-corrected chi connectivity index (χ0v) is 12.0. The van der Waals surface area contributed by atoms with Crippen molar-refractivity contribution in [2.24, 2.45) is 17.8 Å². The second-order valence-corrected chi connectivity index (χ2v) is 6.49. The molecule has 1 aromatic carbocycles. The fourth-order valence-electron chi connectivity index (χ4n) is 4.14. The van der Waals surface area contributed by atoms with Crippen LogP contribution in [0, 0.1) is 17.8 Å². The molecule has 2 fully saturated rings. The number of hydrogen-bond acceptors (Lipinski definition) is 2. The van der Waals surface area contributed by atoms with Crippen molar-refractivity contribution >= 4 is 11.6 Å². The van der Waals surface area contributed by atoms with Crippen molar-refractivity contribution < 1.29 is 9.53 Å². The van der Waals surface area contributed by atoms with Crippen molar-refractivity contribution in [3.63, 3.8) is 0 Å². The first-order valence-corrected chi connectivity index (χ1v) is 7.75. The standard InChI is InChI=1S/C17H21NO2/c1-20-15-6-2-4-11-5-3-7-18(16(11)15)17(19)14-9-12-8-13(12)10-14/h2,4,6,12-14H,3,5,7-10H2,1H3. The summed E-state index contributed by atoms with van der Waals surface area (Å²) in [6.45, 7) is 0.845. The van der Waals surface area contributed by atoms with Crippen molar-refractivity contribution in [3.05, 3.63) is 23.8 Å². The Morgan fingerprint density at radius 2 is 2.05 bits per heavy atom. The molecule has 2 saturated carbocycles. The molecule has 1 amide bonds. The summed E-state index contributed by atoms with van der Waals surface area (Å²) in [5.74, 6) is 3.15. The first kappa shape index (κ1) is 12.2. The van der Waals surface area contributed by atoms with E-state index in [4.69, 9.17) is 4.74 Å². The van der Waals surface area contributed by atoms with Crippen molar-refractivity contribution in [2.75, 3.05) is 18.6 Å². The minimum absolute atomic E-state index is 0.259. The Hall–Kier alpha value is -1.51. The molecule has 1 heterocycles. The first-order valence-electron chi connectivity index (χ1n) is 7.75. The number of amides is 1. The minimum atomic E-state index is 0.259. The van der Waals surface area contributed by atoms with Gasteiger partial charge in [-0.3, -0.25) is 4.79 Å². The van der Waals surface area contributed by atoms with Crippen LogP contribution in [0.2, 0.25) is 0 Å². The van der Waals surface area contributed by atoms with E-state index in [-0.39, 0.29) is 5.92 Å². The molecule has 2 unspecified atom stereocenters. The molecule has 0 N–H and O–H groups in total. The van der Waals surface area contributed by atoms with Crippen LogP contribution in [-0.2, 0) is 11.2 Å². The molecule has 3 aliphatic rings. The number of nitrogens with zero attached hydrogens (tertiary/aromatic N) is 1. The van der Waals surface area contributed by atoms with Gasteiger partial charge in [0, 0.05) is 12.5 Å². The number of carbonyl (C=O) groups excluding carboxylic acids is 1. The zero-order chi connectivity index (χ0) is 13.7. The third kappa shape index (κ3) is 1.83. The van der Waals surface area contributed by atoms with Crippen molar-refractivity contribution in [2.45, 2.75) is 32.1 Å². The second-order valence-electron chi connectivity index (χ2n) is 6.49. The van der Waals surface area contributed by atoms with Gasteiger partial charge in [-0.05, 0) is 55.6 Å². The molecule has 3 nitrogen and oxygen atoms in total. The van der Waals surface area contributed by atoms with Crippen LogP contribution >= 0.6 is 0 Å². The van der Waals surface area contributed by atoms with Gasteiger partial charge in [0.2, 0.25) is 5.91 Å². The quantitative estimate of drug-likeness (QED) is 0.827. The maximum atomic E-state index is 12.9. The Morgan fingerprint density at radius 1 is 1.25 bits per heavy atom. The van der Waals surface area contributed by atoms with E-state index in [0.29, 0.717) is 5.91 Å². The average molecular weight is 271 g/mol. The monoisotopic (exact) mass is 271 g/mol. The number of carbonyl (C=O) groups is 1. The van der Waals surface area contributed by atoms with Crippen LogP contribution in [0.1, 0.15) is 31.2 Å². The van der Waals surface area contributed by atoms with E-state index in [1.165, 1.54) is 12.0 Å². The van der Waals surface area contributed by atoms with Gasteiger partial charge in [0.1, 0.15) is 5.75 Å². The maximum absolute atomic E-state index is 12.9. The van der Waals surface area contributed by atoms with E-state index in [9.17, 15) is 4.79 Å². The van der Waals surface area contributed by atoms with Gasteiger partial charge in [-0.15, -0.1) is 0 Å².